The van der Waals surface area contributed by atoms with E-state index >= 15 is 0 Å². The summed E-state index contributed by atoms with van der Waals surface area (Å²) < 4.78 is 7.29. The van der Waals surface area contributed by atoms with Crippen LogP contribution in [0.2, 0.25) is 5.28 Å². The first-order valence-electron chi connectivity index (χ1n) is 8.12. The van der Waals surface area contributed by atoms with Crippen LogP contribution >= 0.6 is 18.5 Å². The average Bonchev–Trinajstić information content (AvgIpc) is 2.95. The van der Waals surface area contributed by atoms with Gasteiger partial charge in [-0.05, 0) is 44.4 Å². The van der Waals surface area contributed by atoms with Crippen LogP contribution < -0.4 is 0 Å². The number of hydrogen-bond donors (Lipinski definition) is 2. The van der Waals surface area contributed by atoms with E-state index in [1.54, 1.807) is 6.92 Å². The van der Waals surface area contributed by atoms with Crippen molar-refractivity contribution in [3.63, 3.8) is 0 Å². The van der Waals surface area contributed by atoms with Gasteiger partial charge in [-0.2, -0.15) is 0 Å². The van der Waals surface area contributed by atoms with Crippen LogP contribution in [0.25, 0.3) is 0 Å². The quantitative estimate of drug-likeness (QED) is 0.769. The zero-order valence-electron chi connectivity index (χ0n) is 14.5. The minimum absolute atomic E-state index is 0.0127. The summed E-state index contributed by atoms with van der Waals surface area (Å²) in [5.74, 6) is 0.108. The molecule has 0 saturated carbocycles. The van der Waals surface area contributed by atoms with Gasteiger partial charge < -0.3 is 14.9 Å². The van der Waals surface area contributed by atoms with Gasteiger partial charge in [0.15, 0.2) is 23.5 Å². The number of imidazole rings is 1. The molecule has 0 aromatic carbocycles. The Morgan fingerprint density at radius 2 is 2.08 bits per heavy atom. The van der Waals surface area contributed by atoms with Gasteiger partial charge in [-0.3, -0.25) is 9.36 Å². The maximum absolute atomic E-state index is 12.1. The van der Waals surface area contributed by atoms with Gasteiger partial charge in [0.2, 0.25) is 5.28 Å². The first-order chi connectivity index (χ1) is 11.6. The number of Topliss-reactive ketones (excluding diaryl/α,β-unsaturated/α-hetero) is 1. The van der Waals surface area contributed by atoms with E-state index in [-0.39, 0.29) is 29.0 Å². The van der Waals surface area contributed by atoms with E-state index in [9.17, 15) is 15.0 Å². The van der Waals surface area contributed by atoms with E-state index in [1.165, 1.54) is 4.57 Å². The molecule has 3 heterocycles. The summed E-state index contributed by atoms with van der Waals surface area (Å²) in [6, 6.07) is 0. The van der Waals surface area contributed by atoms with Gasteiger partial charge in [-0.1, -0.05) is 0 Å². The SMILES string of the molecule is C=P(C)(C)CCC1O[C@@H](n2c(Cl)nc3c2N=C(C)CC3=O)[C@H](O)[C@@H]1O. The van der Waals surface area contributed by atoms with Crippen LogP contribution in [0.15, 0.2) is 4.99 Å². The van der Waals surface area contributed by atoms with Crippen LogP contribution in [0.4, 0.5) is 5.82 Å². The highest BCUT2D eigenvalue weighted by molar-refractivity contribution is 7.72. The number of halogens is 1. The lowest BCUT2D eigenvalue weighted by atomic mass is 10.1. The molecule has 0 spiro atoms. The summed E-state index contributed by atoms with van der Waals surface area (Å²) in [6.45, 7) is 4.68. The van der Waals surface area contributed by atoms with E-state index in [1.807, 2.05) is 0 Å². The Bertz CT molecular complexity index is 785. The summed E-state index contributed by atoms with van der Waals surface area (Å²) >= 11 is 6.19. The van der Waals surface area contributed by atoms with Gasteiger partial charge in [0.25, 0.3) is 0 Å². The third-order valence-corrected chi connectivity index (χ3v) is 6.17. The first kappa shape index (κ1) is 18.8. The molecule has 1 aromatic heterocycles. The van der Waals surface area contributed by atoms with E-state index < -0.39 is 31.4 Å². The van der Waals surface area contributed by atoms with Gasteiger partial charge >= 0.3 is 0 Å². The molecule has 7 nitrogen and oxygen atoms in total. The van der Waals surface area contributed by atoms with Crippen LogP contribution in [0, 0.1) is 0 Å². The summed E-state index contributed by atoms with van der Waals surface area (Å²) in [4.78, 5) is 20.6. The standard InChI is InChI=1S/C16H23ClN3O4P/c1-8-7-9(21)11-14(18-8)20(16(17)19-11)15-13(23)12(22)10(24-15)5-6-25(2,3)4/h10,12-13,15,22-23H,2,5-7H2,1,3-4H3/t10?,12-,13-,15-/m1/s1. The lowest BCUT2D eigenvalue weighted by Gasteiger charge is -2.20. The van der Waals surface area contributed by atoms with Crippen molar-refractivity contribution in [2.24, 2.45) is 4.99 Å². The van der Waals surface area contributed by atoms with E-state index in [2.05, 4.69) is 29.6 Å². The van der Waals surface area contributed by atoms with Crippen LogP contribution in [0.3, 0.4) is 0 Å². The molecule has 1 fully saturated rings. The average molecular weight is 388 g/mol. The van der Waals surface area contributed by atoms with E-state index in [4.69, 9.17) is 16.3 Å². The molecule has 0 amide bonds. The number of carbonyl (C=O) groups excluding carboxylic acids is 1. The Morgan fingerprint density at radius 3 is 2.72 bits per heavy atom. The van der Waals surface area contributed by atoms with Gasteiger partial charge in [-0.25, -0.2) is 9.98 Å². The number of ketones is 1. The smallest absolute Gasteiger partial charge is 0.207 e. The lowest BCUT2D eigenvalue weighted by molar-refractivity contribution is -0.0362. The number of carbonyl (C=O) groups is 1. The number of ether oxygens (including phenoxy) is 1. The molecule has 0 radical (unpaired) electrons. The number of nitrogens with zero attached hydrogens (tertiary/aromatic N) is 3. The maximum Gasteiger partial charge on any atom is 0.207 e. The molecule has 2 N–H and O–H groups in total. The molecule has 2 aliphatic heterocycles. The molecular formula is C16H23ClN3O4P. The molecule has 25 heavy (non-hydrogen) atoms. The zero-order valence-corrected chi connectivity index (χ0v) is 16.2. The normalized spacial score (nSPS) is 29.7. The Morgan fingerprint density at radius 1 is 1.40 bits per heavy atom. The minimum atomic E-state index is -1.27. The second-order valence-corrected chi connectivity index (χ2v) is 12.0. The Labute approximate surface area is 151 Å². The number of rotatable bonds is 4. The second kappa shape index (κ2) is 6.63. The van der Waals surface area contributed by atoms with Gasteiger partial charge in [0.1, 0.15) is 12.2 Å². The maximum atomic E-state index is 12.1. The van der Waals surface area contributed by atoms with Gasteiger partial charge in [0, 0.05) is 5.71 Å². The van der Waals surface area contributed by atoms with Crippen molar-refractivity contribution >= 4 is 42.1 Å². The van der Waals surface area contributed by atoms with Crippen molar-refractivity contribution in [3.05, 3.63) is 11.0 Å². The Hall–Kier alpha value is -0.980. The third-order valence-electron chi connectivity index (χ3n) is 4.43. The monoisotopic (exact) mass is 387 g/mol. The Kier molecular flexibility index (Phi) is 4.99. The van der Waals surface area contributed by atoms with Gasteiger partial charge in [0.05, 0.1) is 12.5 Å². The molecule has 1 unspecified atom stereocenters. The highest BCUT2D eigenvalue weighted by Crippen LogP contribution is 2.42. The van der Waals surface area contributed by atoms with Crippen LogP contribution in [0.5, 0.6) is 0 Å². The van der Waals surface area contributed by atoms with Crippen molar-refractivity contribution in [1.82, 2.24) is 9.55 Å². The molecule has 3 rings (SSSR count). The molecule has 1 saturated heterocycles. The van der Waals surface area contributed by atoms with Crippen molar-refractivity contribution in [2.75, 3.05) is 19.5 Å². The fraction of sp³-hybridized carbons (Fsp3) is 0.625. The van der Waals surface area contributed by atoms with E-state index in [0.717, 1.165) is 6.16 Å². The molecule has 2 aliphatic rings. The first-order valence-corrected chi connectivity index (χ1v) is 11.6. The fourth-order valence-electron chi connectivity index (χ4n) is 3.11. The zero-order chi connectivity index (χ0) is 18.5. The second-order valence-electron chi connectivity index (χ2n) is 7.36. The number of aliphatic hydroxyl groups is 2. The summed E-state index contributed by atoms with van der Waals surface area (Å²) in [5.41, 5.74) is 0.817. The predicted molar refractivity (Wildman–Crippen MR) is 100 cm³/mol. The Balaban J connectivity index is 1.91. The van der Waals surface area contributed by atoms with Crippen molar-refractivity contribution in [2.45, 2.75) is 44.3 Å². The molecule has 138 valence electrons. The molecule has 1 aromatic rings. The highest BCUT2D eigenvalue weighted by Gasteiger charge is 2.45. The molecule has 4 atom stereocenters. The third kappa shape index (κ3) is 3.62. The summed E-state index contributed by atoms with van der Waals surface area (Å²) in [7, 11) is 0. The van der Waals surface area contributed by atoms with Crippen LogP contribution in [-0.4, -0.2) is 75.4 Å². The summed E-state index contributed by atoms with van der Waals surface area (Å²) in [6.07, 6.45) is 2.09. The number of aliphatic imine (C=N–C) groups is 1. The predicted octanol–water partition coefficient (Wildman–Crippen LogP) is 1.93. The number of aromatic nitrogens is 2. The van der Waals surface area contributed by atoms with Crippen LogP contribution in [0.1, 0.15) is 36.5 Å². The number of hydrogen-bond acceptors (Lipinski definition) is 6. The summed E-state index contributed by atoms with van der Waals surface area (Å²) in [5, 5.41) is 20.8. The van der Waals surface area contributed by atoms with Crippen molar-refractivity contribution in [1.29, 1.82) is 0 Å². The van der Waals surface area contributed by atoms with Crippen molar-refractivity contribution < 1.29 is 19.7 Å². The molecule has 0 bridgehead atoms. The number of fused-ring (bicyclic) bond motifs is 1. The highest BCUT2D eigenvalue weighted by atomic mass is 35.5. The van der Waals surface area contributed by atoms with Gasteiger partial charge in [-0.15, -0.1) is 13.2 Å². The fourth-order valence-corrected chi connectivity index (χ4v) is 4.33. The largest absolute Gasteiger partial charge is 0.388 e. The minimum Gasteiger partial charge on any atom is -0.388 e. The van der Waals surface area contributed by atoms with E-state index in [0.29, 0.717) is 12.1 Å². The molecule has 9 heteroatoms. The lowest BCUT2D eigenvalue weighted by Crippen LogP contribution is -2.32. The molecular weight excluding hydrogens is 365 g/mol. The number of aliphatic hydroxyl groups excluding tert-OH is 2. The van der Waals surface area contributed by atoms with Crippen LogP contribution in [-0.2, 0) is 4.74 Å². The molecule has 0 aliphatic carbocycles. The topological polar surface area (TPSA) is 96.9 Å². The van der Waals surface area contributed by atoms with Crippen molar-refractivity contribution in [3.8, 4) is 0 Å².